The fourth-order valence-electron chi connectivity index (χ4n) is 5.05. The summed E-state index contributed by atoms with van der Waals surface area (Å²) in [5.74, 6) is -0.473. The van der Waals surface area contributed by atoms with Gasteiger partial charge in [-0.15, -0.1) is 0 Å². The Labute approximate surface area is 225 Å². The van der Waals surface area contributed by atoms with Gasteiger partial charge < -0.3 is 10.1 Å². The summed E-state index contributed by atoms with van der Waals surface area (Å²) >= 11 is 0. The highest BCUT2D eigenvalue weighted by atomic mass is 19.1. The second-order valence-corrected chi connectivity index (χ2v) is 9.70. The number of aromatic nitrogens is 4. The molecule has 2 atom stereocenters. The average Bonchev–Trinajstić information content (AvgIpc) is 3.61. The maximum atomic E-state index is 14.8. The Kier molecular flexibility index (Phi) is 7.71. The van der Waals surface area contributed by atoms with Crippen LogP contribution in [0, 0.1) is 18.6 Å². The molecule has 1 aliphatic rings. The first kappa shape index (κ1) is 26.5. The summed E-state index contributed by atoms with van der Waals surface area (Å²) in [7, 11) is 3.45. The van der Waals surface area contributed by atoms with Crippen LogP contribution in [-0.2, 0) is 11.8 Å². The molecule has 2 aromatic carbocycles. The minimum absolute atomic E-state index is 0.0447. The van der Waals surface area contributed by atoms with Gasteiger partial charge in [-0.3, -0.25) is 14.9 Å². The van der Waals surface area contributed by atoms with E-state index < -0.39 is 11.8 Å². The van der Waals surface area contributed by atoms with Crippen LogP contribution in [0.1, 0.15) is 17.0 Å². The fourth-order valence-corrected chi connectivity index (χ4v) is 5.05. The van der Waals surface area contributed by atoms with E-state index in [0.717, 1.165) is 11.1 Å². The summed E-state index contributed by atoms with van der Waals surface area (Å²) in [6, 6.07) is 11.9. The van der Waals surface area contributed by atoms with E-state index in [1.807, 2.05) is 13.1 Å². The first-order valence-corrected chi connectivity index (χ1v) is 12.7. The first-order valence-electron chi connectivity index (χ1n) is 12.7. The summed E-state index contributed by atoms with van der Waals surface area (Å²) in [4.78, 5) is 15.6. The van der Waals surface area contributed by atoms with Crippen molar-refractivity contribution in [3.8, 4) is 16.9 Å². The van der Waals surface area contributed by atoms with Crippen LogP contribution in [0.25, 0.3) is 16.9 Å². The van der Waals surface area contributed by atoms with Crippen molar-refractivity contribution >= 4 is 11.8 Å². The van der Waals surface area contributed by atoms with Gasteiger partial charge in [0.15, 0.2) is 0 Å². The molecular weight excluding hydrogens is 504 g/mol. The standard InChI is InChI=1S/C28H31F2N7O2/c1-18-26(20-14-31-35(2)15-20)34-37(25-7-5-4-6-23(25)30)27(18)33-28(38)32-24-17-36(12-13-39-3)16-22(24)19-8-10-21(29)11-9-19/h4-11,14-15,22,24H,12-13,16-17H2,1-3H3,(H2,32,33,38)/t22-,24+/m0/s1. The molecule has 204 valence electrons. The highest BCUT2D eigenvalue weighted by Crippen LogP contribution is 2.32. The number of ether oxygens (including phenoxy) is 1. The van der Waals surface area contributed by atoms with Gasteiger partial charge in [-0.1, -0.05) is 24.3 Å². The minimum atomic E-state index is -0.470. The number of carbonyl (C=O) groups excluding carboxylic acids is 1. The zero-order valence-corrected chi connectivity index (χ0v) is 22.1. The zero-order valence-electron chi connectivity index (χ0n) is 22.1. The van der Waals surface area contributed by atoms with Gasteiger partial charge in [-0.25, -0.2) is 18.3 Å². The highest BCUT2D eigenvalue weighted by Gasteiger charge is 2.35. The van der Waals surface area contributed by atoms with Gasteiger partial charge in [0.1, 0.15) is 28.8 Å². The molecule has 2 amide bonds. The van der Waals surface area contributed by atoms with Gasteiger partial charge in [-0.05, 0) is 36.8 Å². The van der Waals surface area contributed by atoms with E-state index >= 15 is 0 Å². The van der Waals surface area contributed by atoms with E-state index in [4.69, 9.17) is 4.74 Å². The number of nitrogens with one attached hydrogen (secondary N) is 2. The highest BCUT2D eigenvalue weighted by molar-refractivity contribution is 5.91. The number of rotatable bonds is 8. The van der Waals surface area contributed by atoms with Crippen LogP contribution in [0.3, 0.4) is 0 Å². The lowest BCUT2D eigenvalue weighted by molar-refractivity contribution is 0.159. The largest absolute Gasteiger partial charge is 0.383 e. The van der Waals surface area contributed by atoms with Crippen molar-refractivity contribution in [2.45, 2.75) is 18.9 Å². The van der Waals surface area contributed by atoms with Crippen LogP contribution < -0.4 is 10.6 Å². The summed E-state index contributed by atoms with van der Waals surface area (Å²) in [6.07, 6.45) is 3.48. The number of amides is 2. The maximum absolute atomic E-state index is 14.8. The molecule has 3 heterocycles. The number of halogens is 2. The molecule has 2 aromatic heterocycles. The van der Waals surface area contributed by atoms with Crippen molar-refractivity contribution in [2.75, 3.05) is 38.7 Å². The molecule has 0 aliphatic carbocycles. The van der Waals surface area contributed by atoms with Crippen LogP contribution in [0.5, 0.6) is 0 Å². The zero-order chi connectivity index (χ0) is 27.5. The van der Waals surface area contributed by atoms with Gasteiger partial charge in [0.25, 0.3) is 0 Å². The predicted molar refractivity (Wildman–Crippen MR) is 144 cm³/mol. The number of nitrogens with zero attached hydrogens (tertiary/aromatic N) is 5. The predicted octanol–water partition coefficient (Wildman–Crippen LogP) is 4.10. The van der Waals surface area contributed by atoms with Crippen LogP contribution in [0.15, 0.2) is 60.9 Å². The third kappa shape index (κ3) is 5.69. The van der Waals surface area contributed by atoms with Gasteiger partial charge in [0.2, 0.25) is 0 Å². The van der Waals surface area contributed by atoms with Crippen molar-refractivity contribution in [1.82, 2.24) is 29.8 Å². The van der Waals surface area contributed by atoms with Crippen molar-refractivity contribution in [3.63, 3.8) is 0 Å². The van der Waals surface area contributed by atoms with Gasteiger partial charge >= 0.3 is 6.03 Å². The molecule has 5 rings (SSSR count). The summed E-state index contributed by atoms with van der Waals surface area (Å²) < 4.78 is 36.7. The van der Waals surface area contributed by atoms with E-state index in [-0.39, 0.29) is 23.5 Å². The summed E-state index contributed by atoms with van der Waals surface area (Å²) in [5, 5.41) is 14.9. The van der Waals surface area contributed by atoms with E-state index in [1.165, 1.54) is 22.9 Å². The maximum Gasteiger partial charge on any atom is 0.320 e. The monoisotopic (exact) mass is 535 g/mol. The quantitative estimate of drug-likeness (QED) is 0.355. The number of hydrogen-bond donors (Lipinski definition) is 2. The Morgan fingerprint density at radius 1 is 1.13 bits per heavy atom. The molecule has 1 saturated heterocycles. The number of benzene rings is 2. The number of carbonyl (C=O) groups is 1. The lowest BCUT2D eigenvalue weighted by Gasteiger charge is -2.21. The van der Waals surface area contributed by atoms with E-state index in [2.05, 4.69) is 25.7 Å². The number of methoxy groups -OCH3 is 1. The SMILES string of the molecule is COCCN1C[C@@H](NC(=O)Nc2c(C)c(-c3cnn(C)c3)nn2-c2ccccc2F)[C@H](c2ccc(F)cc2)C1. The van der Waals surface area contributed by atoms with Crippen molar-refractivity contribution in [3.05, 3.63) is 83.7 Å². The van der Waals surface area contributed by atoms with Crippen LogP contribution in [-0.4, -0.2) is 69.9 Å². The molecule has 2 N–H and O–H groups in total. The molecule has 0 unspecified atom stereocenters. The number of anilines is 1. The Hall–Kier alpha value is -4.09. The number of aryl methyl sites for hydroxylation is 1. The van der Waals surface area contributed by atoms with Crippen LogP contribution >= 0.6 is 0 Å². The van der Waals surface area contributed by atoms with Gasteiger partial charge in [0.05, 0.1) is 18.8 Å². The number of para-hydroxylation sites is 1. The normalized spacial score (nSPS) is 17.5. The molecule has 11 heteroatoms. The van der Waals surface area contributed by atoms with E-state index in [0.29, 0.717) is 43.3 Å². The summed E-state index contributed by atoms with van der Waals surface area (Å²) in [6.45, 7) is 4.39. The second kappa shape index (κ2) is 11.3. The molecule has 0 spiro atoms. The Bertz CT molecular complexity index is 1450. The number of urea groups is 1. The van der Waals surface area contributed by atoms with Gasteiger partial charge in [0, 0.05) is 57.0 Å². The number of likely N-dealkylation sites (tertiary alicyclic amines) is 1. The third-order valence-corrected chi connectivity index (χ3v) is 7.03. The molecule has 4 aromatic rings. The Morgan fingerprint density at radius 3 is 2.59 bits per heavy atom. The first-order chi connectivity index (χ1) is 18.8. The van der Waals surface area contributed by atoms with Crippen molar-refractivity contribution < 1.29 is 18.3 Å². The lowest BCUT2D eigenvalue weighted by atomic mass is 9.94. The van der Waals surface area contributed by atoms with Crippen LogP contribution in [0.4, 0.5) is 19.4 Å². The van der Waals surface area contributed by atoms with Crippen molar-refractivity contribution in [2.24, 2.45) is 7.05 Å². The fraction of sp³-hybridized carbons (Fsp3) is 0.321. The molecule has 1 fully saturated rings. The average molecular weight is 536 g/mol. The lowest BCUT2D eigenvalue weighted by Crippen LogP contribution is -2.42. The van der Waals surface area contributed by atoms with E-state index in [1.54, 1.807) is 55.4 Å². The topological polar surface area (TPSA) is 89.2 Å². The minimum Gasteiger partial charge on any atom is -0.383 e. The van der Waals surface area contributed by atoms with E-state index in [9.17, 15) is 13.6 Å². The molecule has 0 saturated carbocycles. The molecule has 0 radical (unpaired) electrons. The van der Waals surface area contributed by atoms with Gasteiger partial charge in [-0.2, -0.15) is 10.2 Å². The number of hydrogen-bond acceptors (Lipinski definition) is 5. The summed E-state index contributed by atoms with van der Waals surface area (Å²) in [5.41, 5.74) is 3.14. The molecule has 1 aliphatic heterocycles. The molecule has 39 heavy (non-hydrogen) atoms. The molecule has 9 nitrogen and oxygen atoms in total. The third-order valence-electron chi connectivity index (χ3n) is 7.03. The van der Waals surface area contributed by atoms with Crippen LogP contribution in [0.2, 0.25) is 0 Å². The molecule has 0 bridgehead atoms. The Morgan fingerprint density at radius 2 is 1.90 bits per heavy atom. The molecular formula is C28H31F2N7O2. The second-order valence-electron chi connectivity index (χ2n) is 9.70. The van der Waals surface area contributed by atoms with Crippen molar-refractivity contribution in [1.29, 1.82) is 0 Å². The smallest absolute Gasteiger partial charge is 0.320 e. The Balaban J connectivity index is 1.43.